The summed E-state index contributed by atoms with van der Waals surface area (Å²) in [5, 5.41) is 7.12. The number of carboxylic acids is 1. The Hall–Kier alpha value is -3.11. The number of aromatic nitrogens is 2. The topological polar surface area (TPSA) is 84.7 Å². The number of halogens is 4. The van der Waals surface area contributed by atoms with Gasteiger partial charge in [0.2, 0.25) is 5.88 Å². The van der Waals surface area contributed by atoms with Crippen LogP contribution in [0.5, 0.6) is 5.88 Å². The van der Waals surface area contributed by atoms with Crippen molar-refractivity contribution in [1.82, 2.24) is 9.55 Å². The molecule has 2 aromatic rings. The van der Waals surface area contributed by atoms with E-state index in [1.807, 2.05) is 6.07 Å². The van der Waals surface area contributed by atoms with Gasteiger partial charge in [0.15, 0.2) is 0 Å². The van der Waals surface area contributed by atoms with Crippen molar-refractivity contribution in [2.45, 2.75) is 44.6 Å². The summed E-state index contributed by atoms with van der Waals surface area (Å²) in [6.45, 7) is 1.96. The lowest BCUT2D eigenvalue weighted by Crippen LogP contribution is -2.36. The van der Waals surface area contributed by atoms with Gasteiger partial charge in [-0.2, -0.15) is 18.2 Å². The highest BCUT2D eigenvalue weighted by molar-refractivity contribution is 5.73. The SMILES string of the molecule is O=C(O)C(F)(F)F.O=c1nc(OCc2ccc(F)cc2)cc2n1CC1CCCCN21. The number of rotatable bonds is 3. The van der Waals surface area contributed by atoms with Crippen molar-refractivity contribution < 1.29 is 32.2 Å². The van der Waals surface area contributed by atoms with Gasteiger partial charge in [-0.3, -0.25) is 4.57 Å². The van der Waals surface area contributed by atoms with Gasteiger partial charge in [0, 0.05) is 25.2 Å². The van der Waals surface area contributed by atoms with Crippen LogP contribution in [-0.4, -0.2) is 39.4 Å². The van der Waals surface area contributed by atoms with Crippen LogP contribution >= 0.6 is 0 Å². The second-order valence-electron chi connectivity index (χ2n) is 6.91. The summed E-state index contributed by atoms with van der Waals surface area (Å²) in [6, 6.07) is 8.36. The van der Waals surface area contributed by atoms with Crippen LogP contribution in [0.25, 0.3) is 0 Å². The molecule has 7 nitrogen and oxygen atoms in total. The molecule has 30 heavy (non-hydrogen) atoms. The number of carboxylic acid groups (broad SMARTS) is 1. The first-order chi connectivity index (χ1) is 14.1. The molecule has 4 rings (SSSR count). The summed E-state index contributed by atoms with van der Waals surface area (Å²) in [7, 11) is 0. The lowest BCUT2D eigenvalue weighted by molar-refractivity contribution is -0.192. The average Bonchev–Trinajstić information content (AvgIpc) is 3.07. The molecular weight excluding hydrogens is 410 g/mol. The number of carbonyl (C=O) groups is 1. The minimum absolute atomic E-state index is 0.258. The van der Waals surface area contributed by atoms with E-state index in [9.17, 15) is 22.4 Å². The molecule has 0 saturated carbocycles. The number of hydrogen-bond donors (Lipinski definition) is 1. The highest BCUT2D eigenvalue weighted by Crippen LogP contribution is 2.32. The van der Waals surface area contributed by atoms with Gasteiger partial charge >= 0.3 is 17.8 Å². The highest BCUT2D eigenvalue weighted by Gasteiger charge is 2.38. The average molecular weight is 429 g/mol. The summed E-state index contributed by atoms with van der Waals surface area (Å²) < 4.78 is 52.0. The molecule has 1 aromatic carbocycles. The molecule has 1 aromatic heterocycles. The van der Waals surface area contributed by atoms with Crippen molar-refractivity contribution in [3.63, 3.8) is 0 Å². The van der Waals surface area contributed by atoms with Crippen LogP contribution in [0.4, 0.5) is 23.4 Å². The summed E-state index contributed by atoms with van der Waals surface area (Å²) >= 11 is 0. The smallest absolute Gasteiger partial charge is 0.475 e. The van der Waals surface area contributed by atoms with E-state index in [4.69, 9.17) is 14.6 Å². The Morgan fingerprint density at radius 1 is 1.23 bits per heavy atom. The Kier molecular flexibility index (Phi) is 6.28. The molecule has 1 fully saturated rings. The van der Waals surface area contributed by atoms with Crippen LogP contribution in [0.15, 0.2) is 35.1 Å². The van der Waals surface area contributed by atoms with Crippen molar-refractivity contribution in [3.05, 3.63) is 52.2 Å². The van der Waals surface area contributed by atoms with E-state index in [0.717, 1.165) is 37.3 Å². The van der Waals surface area contributed by atoms with Crippen molar-refractivity contribution in [2.75, 3.05) is 11.4 Å². The van der Waals surface area contributed by atoms with Crippen LogP contribution < -0.4 is 15.3 Å². The fourth-order valence-corrected chi connectivity index (χ4v) is 3.40. The van der Waals surface area contributed by atoms with Crippen LogP contribution in [0, 0.1) is 5.82 Å². The highest BCUT2D eigenvalue weighted by atomic mass is 19.4. The quantitative estimate of drug-likeness (QED) is 0.756. The minimum atomic E-state index is -5.08. The normalized spacial score (nSPS) is 17.5. The number of benzene rings is 1. The molecule has 1 saturated heterocycles. The zero-order valence-corrected chi connectivity index (χ0v) is 15.7. The predicted molar refractivity (Wildman–Crippen MR) is 97.9 cm³/mol. The van der Waals surface area contributed by atoms with Gasteiger partial charge in [0.1, 0.15) is 18.2 Å². The van der Waals surface area contributed by atoms with E-state index >= 15 is 0 Å². The van der Waals surface area contributed by atoms with Crippen molar-refractivity contribution >= 4 is 11.8 Å². The number of alkyl halides is 3. The van der Waals surface area contributed by atoms with Crippen molar-refractivity contribution in [1.29, 1.82) is 0 Å². The van der Waals surface area contributed by atoms with E-state index in [2.05, 4.69) is 9.88 Å². The summed E-state index contributed by atoms with van der Waals surface area (Å²) in [5.41, 5.74) is 0.579. The molecule has 162 valence electrons. The van der Waals surface area contributed by atoms with Gasteiger partial charge in [-0.25, -0.2) is 14.0 Å². The van der Waals surface area contributed by atoms with Crippen LogP contribution in [0.3, 0.4) is 0 Å². The zero-order valence-electron chi connectivity index (χ0n) is 15.7. The van der Waals surface area contributed by atoms with Crippen LogP contribution in [0.1, 0.15) is 24.8 Å². The monoisotopic (exact) mass is 429 g/mol. The molecule has 1 unspecified atom stereocenters. The molecule has 0 radical (unpaired) electrons. The number of nitrogens with zero attached hydrogens (tertiary/aromatic N) is 3. The third kappa shape index (κ3) is 5.08. The van der Waals surface area contributed by atoms with E-state index < -0.39 is 12.1 Å². The Labute approximate surface area is 168 Å². The number of anilines is 1. The fraction of sp³-hybridized carbons (Fsp3) is 0.421. The molecule has 1 atom stereocenters. The largest absolute Gasteiger partial charge is 0.490 e. The molecule has 2 aliphatic rings. The summed E-state index contributed by atoms with van der Waals surface area (Å²) in [6.07, 6.45) is -1.60. The fourth-order valence-electron chi connectivity index (χ4n) is 3.40. The molecule has 11 heteroatoms. The maximum absolute atomic E-state index is 12.9. The molecular formula is C19H19F4N3O4. The van der Waals surface area contributed by atoms with Gasteiger partial charge in [0.25, 0.3) is 0 Å². The standard InChI is InChI=1S/C17H18FN3O2.C2HF3O2/c18-13-6-4-12(5-7-13)11-23-15-9-16-20-8-2-1-3-14(20)10-21(16)17(22)19-15;3-2(4,5)1(6)7/h4-7,9,14H,1-3,8,10-11H2;(H,6,7). The number of aliphatic carboxylic acids is 1. The maximum atomic E-state index is 12.9. The Morgan fingerprint density at radius 2 is 1.90 bits per heavy atom. The minimum Gasteiger partial charge on any atom is -0.475 e. The first-order valence-corrected chi connectivity index (χ1v) is 9.21. The summed E-state index contributed by atoms with van der Waals surface area (Å²) in [4.78, 5) is 27.4. The van der Waals surface area contributed by atoms with Crippen molar-refractivity contribution in [2.24, 2.45) is 0 Å². The molecule has 0 bridgehead atoms. The van der Waals surface area contributed by atoms with E-state index in [1.165, 1.54) is 18.6 Å². The zero-order chi connectivity index (χ0) is 21.9. The second-order valence-corrected chi connectivity index (χ2v) is 6.91. The molecule has 0 spiro atoms. The Bertz CT molecular complexity index is 960. The number of piperidine rings is 1. The van der Waals surface area contributed by atoms with Crippen molar-refractivity contribution in [3.8, 4) is 5.88 Å². The van der Waals surface area contributed by atoms with E-state index in [0.29, 0.717) is 11.9 Å². The Morgan fingerprint density at radius 3 is 2.53 bits per heavy atom. The van der Waals surface area contributed by atoms with Gasteiger partial charge in [-0.1, -0.05) is 12.1 Å². The molecule has 0 amide bonds. The maximum Gasteiger partial charge on any atom is 0.490 e. The first kappa shape index (κ1) is 21.6. The van der Waals surface area contributed by atoms with Gasteiger partial charge in [0.05, 0.1) is 0 Å². The van der Waals surface area contributed by atoms with E-state index in [-0.39, 0.29) is 18.1 Å². The van der Waals surface area contributed by atoms with Gasteiger partial charge in [-0.15, -0.1) is 0 Å². The first-order valence-electron chi connectivity index (χ1n) is 9.21. The third-order valence-corrected chi connectivity index (χ3v) is 4.82. The van der Waals surface area contributed by atoms with Crippen LogP contribution in [0.2, 0.25) is 0 Å². The molecule has 0 aliphatic carbocycles. The lowest BCUT2D eigenvalue weighted by Gasteiger charge is -2.30. The molecule has 3 heterocycles. The summed E-state index contributed by atoms with van der Waals surface area (Å²) in [5.74, 6) is -1.80. The number of fused-ring (bicyclic) bond motifs is 3. The lowest BCUT2D eigenvalue weighted by atomic mass is 10.0. The second kappa shape index (κ2) is 8.72. The number of ether oxygens (including phenoxy) is 1. The van der Waals surface area contributed by atoms with Crippen LogP contribution in [-0.2, 0) is 17.9 Å². The van der Waals surface area contributed by atoms with Gasteiger partial charge in [-0.05, 0) is 37.0 Å². The number of hydrogen-bond acceptors (Lipinski definition) is 5. The molecule has 1 N–H and O–H groups in total. The van der Waals surface area contributed by atoms with Gasteiger partial charge < -0.3 is 14.7 Å². The predicted octanol–water partition coefficient (Wildman–Crippen LogP) is 2.97. The van der Waals surface area contributed by atoms with E-state index in [1.54, 1.807) is 16.7 Å². The third-order valence-electron chi connectivity index (χ3n) is 4.82. The Balaban J connectivity index is 0.000000318. The molecule has 2 aliphatic heterocycles.